The van der Waals surface area contributed by atoms with Crippen LogP contribution in [0.2, 0.25) is 0 Å². The molecule has 266 valence electrons. The molecule has 0 aliphatic carbocycles. The third kappa shape index (κ3) is 34.7. The van der Waals surface area contributed by atoms with E-state index < -0.39 is 0 Å². The van der Waals surface area contributed by atoms with Gasteiger partial charge in [-0.25, -0.2) is 0 Å². The lowest BCUT2D eigenvalue weighted by Crippen LogP contribution is -2.37. The van der Waals surface area contributed by atoms with E-state index >= 15 is 0 Å². The smallest absolute Gasteiger partial charge is 0.0443 e. The molecule has 0 saturated heterocycles. The molecule has 0 spiro atoms. The second kappa shape index (κ2) is 39.1. The fourth-order valence-corrected chi connectivity index (χ4v) is 6.72. The van der Waals surface area contributed by atoms with Gasteiger partial charge in [-0.2, -0.15) is 0 Å². The minimum atomic E-state index is 0.329. The van der Waals surface area contributed by atoms with E-state index in [-0.39, 0.29) is 0 Å². The molecule has 0 bridgehead atoms. The van der Waals surface area contributed by atoms with Gasteiger partial charge in [0.2, 0.25) is 0 Å². The molecule has 0 saturated carbocycles. The summed E-state index contributed by atoms with van der Waals surface area (Å²) in [6, 6.07) is 0. The first kappa shape index (κ1) is 43.9. The van der Waals surface area contributed by atoms with Crippen LogP contribution in [0.3, 0.4) is 0 Å². The van der Waals surface area contributed by atoms with Crippen molar-refractivity contribution in [1.29, 1.82) is 0 Å². The van der Waals surface area contributed by atoms with E-state index in [1.54, 1.807) is 0 Å². The van der Waals surface area contributed by atoms with Gasteiger partial charge < -0.3 is 14.9 Å². The van der Waals surface area contributed by atoms with Gasteiger partial charge in [0.15, 0.2) is 0 Å². The van der Waals surface area contributed by atoms with Crippen LogP contribution in [0, 0.1) is 0 Å². The van der Waals surface area contributed by atoms with Gasteiger partial charge in [0, 0.05) is 26.2 Å². The highest BCUT2D eigenvalue weighted by atomic mass is 16.3. The molecule has 0 heterocycles. The SMILES string of the molecule is CCCCCCCCCCCCN(CCCO)CCN(CCCCCCCCCCCC)CCCCCCCCCCCC. The summed E-state index contributed by atoms with van der Waals surface area (Å²) >= 11 is 0. The molecule has 0 aromatic rings. The molecular formula is C41H86N2O. The molecule has 3 nitrogen and oxygen atoms in total. The molecule has 0 radical (unpaired) electrons. The predicted octanol–water partition coefficient (Wildman–Crippen LogP) is 12.7. The maximum Gasteiger partial charge on any atom is 0.0443 e. The van der Waals surface area contributed by atoms with Crippen LogP contribution in [-0.4, -0.2) is 60.8 Å². The zero-order chi connectivity index (χ0) is 32.0. The summed E-state index contributed by atoms with van der Waals surface area (Å²) in [7, 11) is 0. The van der Waals surface area contributed by atoms with Crippen LogP contribution in [0.15, 0.2) is 0 Å². The van der Waals surface area contributed by atoms with Crippen LogP contribution in [0.25, 0.3) is 0 Å². The lowest BCUT2D eigenvalue weighted by Gasteiger charge is -2.28. The van der Waals surface area contributed by atoms with Crippen LogP contribution in [-0.2, 0) is 0 Å². The van der Waals surface area contributed by atoms with Crippen molar-refractivity contribution in [2.24, 2.45) is 0 Å². The van der Waals surface area contributed by atoms with E-state index in [2.05, 4.69) is 30.6 Å². The molecule has 0 unspecified atom stereocenters. The molecule has 0 aromatic heterocycles. The van der Waals surface area contributed by atoms with Crippen molar-refractivity contribution < 1.29 is 5.11 Å². The Morgan fingerprint density at radius 2 is 0.455 bits per heavy atom. The molecule has 0 aliphatic rings. The average molecular weight is 623 g/mol. The zero-order valence-electron chi connectivity index (χ0n) is 31.2. The molecule has 0 fully saturated rings. The highest BCUT2D eigenvalue weighted by Gasteiger charge is 2.10. The Hall–Kier alpha value is -0.120. The lowest BCUT2D eigenvalue weighted by atomic mass is 10.1. The fraction of sp³-hybridized carbons (Fsp3) is 1.00. The summed E-state index contributed by atoms with van der Waals surface area (Å²) in [4.78, 5) is 5.48. The van der Waals surface area contributed by atoms with Crippen LogP contribution in [0.5, 0.6) is 0 Å². The van der Waals surface area contributed by atoms with Crippen molar-refractivity contribution in [2.75, 3.05) is 45.9 Å². The van der Waals surface area contributed by atoms with E-state index in [4.69, 9.17) is 0 Å². The molecule has 1 N–H and O–H groups in total. The Kier molecular flexibility index (Phi) is 39.0. The number of unbranched alkanes of at least 4 members (excludes halogenated alkanes) is 27. The normalized spacial score (nSPS) is 11.9. The van der Waals surface area contributed by atoms with E-state index in [0.717, 1.165) is 13.0 Å². The standard InChI is InChI=1S/C41H86N2O/c1-4-7-10-13-16-19-22-25-28-31-35-42(36-32-29-26-23-20-17-14-11-8-5-2)39-40-43(38-34-41-44)37-33-30-27-24-21-18-15-12-9-6-3/h44H,4-41H2,1-3H3. The van der Waals surface area contributed by atoms with Gasteiger partial charge in [-0.05, 0) is 45.3 Å². The minimum Gasteiger partial charge on any atom is -0.396 e. The van der Waals surface area contributed by atoms with Gasteiger partial charge >= 0.3 is 0 Å². The first-order valence-electron chi connectivity index (χ1n) is 20.8. The molecule has 0 rings (SSSR count). The van der Waals surface area contributed by atoms with Gasteiger partial charge in [0.05, 0.1) is 0 Å². The van der Waals surface area contributed by atoms with Crippen molar-refractivity contribution in [3.05, 3.63) is 0 Å². The first-order chi connectivity index (χ1) is 21.8. The minimum absolute atomic E-state index is 0.329. The summed E-state index contributed by atoms with van der Waals surface area (Å²) in [5.41, 5.74) is 0. The van der Waals surface area contributed by atoms with E-state index in [9.17, 15) is 5.11 Å². The Morgan fingerprint density at radius 3 is 0.682 bits per heavy atom. The first-order valence-corrected chi connectivity index (χ1v) is 20.8. The number of rotatable bonds is 39. The Balaban J connectivity index is 4.35. The molecule has 0 aliphatic heterocycles. The van der Waals surface area contributed by atoms with E-state index in [1.165, 1.54) is 225 Å². The Morgan fingerprint density at radius 1 is 0.250 bits per heavy atom. The molecular weight excluding hydrogens is 536 g/mol. The number of nitrogens with zero attached hydrogens (tertiary/aromatic N) is 2. The van der Waals surface area contributed by atoms with Crippen molar-refractivity contribution in [1.82, 2.24) is 9.80 Å². The van der Waals surface area contributed by atoms with Crippen LogP contribution < -0.4 is 0 Å². The quantitative estimate of drug-likeness (QED) is 0.0691. The lowest BCUT2D eigenvalue weighted by molar-refractivity contribution is 0.181. The van der Waals surface area contributed by atoms with Gasteiger partial charge in [0.25, 0.3) is 0 Å². The van der Waals surface area contributed by atoms with Gasteiger partial charge in [-0.15, -0.1) is 0 Å². The number of hydrogen-bond donors (Lipinski definition) is 1. The van der Waals surface area contributed by atoms with Crippen molar-refractivity contribution in [2.45, 2.75) is 220 Å². The van der Waals surface area contributed by atoms with Gasteiger partial charge in [0.1, 0.15) is 0 Å². The molecule has 0 aromatic carbocycles. The van der Waals surface area contributed by atoms with E-state index in [1.807, 2.05) is 0 Å². The van der Waals surface area contributed by atoms with E-state index in [0.29, 0.717) is 6.61 Å². The van der Waals surface area contributed by atoms with Crippen LogP contribution >= 0.6 is 0 Å². The second-order valence-electron chi connectivity index (χ2n) is 14.3. The molecule has 0 atom stereocenters. The maximum atomic E-state index is 9.52. The molecule has 44 heavy (non-hydrogen) atoms. The Bertz CT molecular complexity index is 475. The van der Waals surface area contributed by atoms with Crippen LogP contribution in [0.4, 0.5) is 0 Å². The highest BCUT2D eigenvalue weighted by molar-refractivity contribution is 4.66. The van der Waals surface area contributed by atoms with Crippen molar-refractivity contribution in [3.8, 4) is 0 Å². The Labute approximate surface area is 280 Å². The number of aliphatic hydroxyl groups excluding tert-OH is 1. The van der Waals surface area contributed by atoms with Gasteiger partial charge in [-0.1, -0.05) is 194 Å². The predicted molar refractivity (Wildman–Crippen MR) is 200 cm³/mol. The highest BCUT2D eigenvalue weighted by Crippen LogP contribution is 2.14. The summed E-state index contributed by atoms with van der Waals surface area (Å²) in [5, 5.41) is 9.52. The van der Waals surface area contributed by atoms with Gasteiger partial charge in [-0.3, -0.25) is 0 Å². The molecule has 0 amide bonds. The summed E-state index contributed by atoms with van der Waals surface area (Å²) in [6.45, 7) is 14.5. The fourth-order valence-electron chi connectivity index (χ4n) is 6.72. The topological polar surface area (TPSA) is 26.7 Å². The number of hydrogen-bond acceptors (Lipinski definition) is 3. The molecule has 3 heteroatoms. The second-order valence-corrected chi connectivity index (χ2v) is 14.3. The largest absolute Gasteiger partial charge is 0.396 e. The maximum absolute atomic E-state index is 9.52. The van der Waals surface area contributed by atoms with Crippen molar-refractivity contribution >= 4 is 0 Å². The van der Waals surface area contributed by atoms with Crippen LogP contribution in [0.1, 0.15) is 220 Å². The monoisotopic (exact) mass is 623 g/mol. The summed E-state index contributed by atoms with van der Waals surface area (Å²) in [5.74, 6) is 0. The third-order valence-corrected chi connectivity index (χ3v) is 9.85. The van der Waals surface area contributed by atoms with Crippen molar-refractivity contribution in [3.63, 3.8) is 0 Å². The zero-order valence-corrected chi connectivity index (χ0v) is 31.2. The number of aliphatic hydroxyl groups is 1. The summed E-state index contributed by atoms with van der Waals surface area (Å²) < 4.78 is 0. The summed E-state index contributed by atoms with van der Waals surface area (Å²) in [6.07, 6.45) is 43.5. The average Bonchev–Trinajstić information content (AvgIpc) is 3.04. The third-order valence-electron chi connectivity index (χ3n) is 9.85.